The van der Waals surface area contributed by atoms with E-state index in [0.717, 1.165) is 63.2 Å². The maximum absolute atomic E-state index is 14.5. The normalized spacial score (nSPS) is 45.0. The van der Waals surface area contributed by atoms with Gasteiger partial charge in [0, 0.05) is 6.42 Å². The lowest BCUT2D eigenvalue weighted by atomic mass is 9.64. The molecule has 0 aromatic heterocycles. The van der Waals surface area contributed by atoms with Crippen LogP contribution < -0.4 is 0 Å². The SMILES string of the molecule is CC1CCC(C2CCC(C3CCC(CCC(F)F)CC3)CC2)C(F)C1F. The first-order valence-corrected chi connectivity index (χ1v) is 11.0. The van der Waals surface area contributed by atoms with Gasteiger partial charge in [-0.05, 0) is 93.3 Å². The molecule has 0 saturated heterocycles. The van der Waals surface area contributed by atoms with Gasteiger partial charge in [0.05, 0.1) is 0 Å². The molecule has 3 rings (SSSR count). The quantitative estimate of drug-likeness (QED) is 0.439. The topological polar surface area (TPSA) is 0 Å². The van der Waals surface area contributed by atoms with Gasteiger partial charge >= 0.3 is 0 Å². The van der Waals surface area contributed by atoms with Crippen molar-refractivity contribution in [3.8, 4) is 0 Å². The lowest BCUT2D eigenvalue weighted by Gasteiger charge is -2.43. The Balaban J connectivity index is 1.40. The zero-order valence-corrected chi connectivity index (χ0v) is 16.2. The lowest BCUT2D eigenvalue weighted by molar-refractivity contribution is -0.0102. The number of rotatable bonds is 5. The van der Waals surface area contributed by atoms with Crippen molar-refractivity contribution in [1.29, 1.82) is 0 Å². The Labute approximate surface area is 156 Å². The molecule has 152 valence electrons. The summed E-state index contributed by atoms with van der Waals surface area (Å²) in [6, 6.07) is 0. The number of hydrogen-bond acceptors (Lipinski definition) is 0. The van der Waals surface area contributed by atoms with Crippen LogP contribution in [-0.2, 0) is 0 Å². The van der Waals surface area contributed by atoms with Gasteiger partial charge in [-0.3, -0.25) is 0 Å². The van der Waals surface area contributed by atoms with E-state index in [4.69, 9.17) is 0 Å². The smallest absolute Gasteiger partial charge is 0.238 e. The lowest BCUT2D eigenvalue weighted by Crippen LogP contribution is -2.41. The Morgan fingerprint density at radius 2 is 1.23 bits per heavy atom. The Bertz CT molecular complexity index is 410. The van der Waals surface area contributed by atoms with Crippen molar-refractivity contribution < 1.29 is 17.6 Å². The molecule has 3 aliphatic carbocycles. The van der Waals surface area contributed by atoms with Crippen LogP contribution in [0.15, 0.2) is 0 Å². The van der Waals surface area contributed by atoms with Gasteiger partial charge < -0.3 is 0 Å². The summed E-state index contributed by atoms with van der Waals surface area (Å²) < 4.78 is 53.3. The van der Waals surface area contributed by atoms with Gasteiger partial charge in [-0.25, -0.2) is 17.6 Å². The average molecular weight is 377 g/mol. The highest BCUT2D eigenvalue weighted by Gasteiger charge is 2.43. The fourth-order valence-corrected chi connectivity index (χ4v) is 6.17. The molecule has 4 heteroatoms. The summed E-state index contributed by atoms with van der Waals surface area (Å²) in [6.45, 7) is 1.84. The fourth-order valence-electron chi connectivity index (χ4n) is 6.17. The largest absolute Gasteiger partial charge is 0.244 e. The molecule has 0 bridgehead atoms. The first-order valence-electron chi connectivity index (χ1n) is 11.0. The highest BCUT2D eigenvalue weighted by Crippen LogP contribution is 2.47. The molecule has 0 aromatic rings. The molecule has 0 spiro atoms. The van der Waals surface area contributed by atoms with Crippen LogP contribution in [0.3, 0.4) is 0 Å². The Morgan fingerprint density at radius 3 is 1.81 bits per heavy atom. The molecular weight excluding hydrogens is 340 g/mol. The maximum atomic E-state index is 14.5. The van der Waals surface area contributed by atoms with E-state index in [9.17, 15) is 17.6 Å². The summed E-state index contributed by atoms with van der Waals surface area (Å²) in [5, 5.41) is 0. The van der Waals surface area contributed by atoms with E-state index in [-0.39, 0.29) is 18.3 Å². The molecule has 0 radical (unpaired) electrons. The van der Waals surface area contributed by atoms with Crippen molar-refractivity contribution in [3.05, 3.63) is 0 Å². The predicted octanol–water partition coefficient (Wildman–Crippen LogP) is 7.37. The van der Waals surface area contributed by atoms with Crippen LogP contribution in [0, 0.1) is 35.5 Å². The van der Waals surface area contributed by atoms with Crippen LogP contribution in [0.4, 0.5) is 17.6 Å². The molecule has 0 nitrogen and oxygen atoms in total. The van der Waals surface area contributed by atoms with Crippen molar-refractivity contribution in [2.75, 3.05) is 0 Å². The molecule has 4 unspecified atom stereocenters. The monoisotopic (exact) mass is 376 g/mol. The predicted molar refractivity (Wildman–Crippen MR) is 97.8 cm³/mol. The van der Waals surface area contributed by atoms with Gasteiger partial charge in [0.15, 0.2) is 0 Å². The van der Waals surface area contributed by atoms with E-state index in [0.29, 0.717) is 18.3 Å². The molecule has 0 aromatic carbocycles. The van der Waals surface area contributed by atoms with Gasteiger partial charge in [0.1, 0.15) is 12.3 Å². The Kier molecular flexibility index (Phi) is 7.30. The standard InChI is InChI=1S/C22H36F4/c1-14-2-12-19(22(26)21(14)25)18-10-8-17(9-11-18)16-6-3-15(4-7-16)5-13-20(23)24/h14-22H,2-13H2,1H3. The van der Waals surface area contributed by atoms with Crippen molar-refractivity contribution in [1.82, 2.24) is 0 Å². The van der Waals surface area contributed by atoms with Crippen LogP contribution in [0.25, 0.3) is 0 Å². The minimum atomic E-state index is -2.16. The first kappa shape index (κ1) is 20.5. The van der Waals surface area contributed by atoms with Crippen LogP contribution in [-0.4, -0.2) is 18.8 Å². The Hall–Kier alpha value is -0.280. The molecular formula is C22H36F4. The number of alkyl halides is 4. The molecule has 26 heavy (non-hydrogen) atoms. The molecule has 4 atom stereocenters. The zero-order chi connectivity index (χ0) is 18.7. The minimum absolute atomic E-state index is 0.0560. The van der Waals surface area contributed by atoms with Crippen molar-refractivity contribution in [2.45, 2.75) is 103 Å². The summed E-state index contributed by atoms with van der Waals surface area (Å²) in [5.74, 6) is 2.14. The first-order chi connectivity index (χ1) is 12.5. The third kappa shape index (κ3) is 4.95. The summed E-state index contributed by atoms with van der Waals surface area (Å²) in [4.78, 5) is 0. The van der Waals surface area contributed by atoms with E-state index in [1.54, 1.807) is 0 Å². The van der Waals surface area contributed by atoms with Gasteiger partial charge in [0.25, 0.3) is 0 Å². The molecule has 0 heterocycles. The molecule has 3 saturated carbocycles. The summed E-state index contributed by atoms with van der Waals surface area (Å²) in [7, 11) is 0. The van der Waals surface area contributed by atoms with E-state index in [1.807, 2.05) is 6.92 Å². The van der Waals surface area contributed by atoms with Crippen LogP contribution in [0.5, 0.6) is 0 Å². The van der Waals surface area contributed by atoms with E-state index in [1.165, 1.54) is 12.8 Å². The molecule has 3 aliphatic rings. The highest BCUT2D eigenvalue weighted by molar-refractivity contribution is 4.92. The fraction of sp³-hybridized carbons (Fsp3) is 1.00. The summed E-state index contributed by atoms with van der Waals surface area (Å²) in [5.41, 5.74) is 0. The minimum Gasteiger partial charge on any atom is -0.244 e. The molecule has 0 amide bonds. The summed E-state index contributed by atoms with van der Waals surface area (Å²) in [6.07, 6.45) is 6.74. The highest BCUT2D eigenvalue weighted by atomic mass is 19.3. The van der Waals surface area contributed by atoms with Gasteiger partial charge in [0.2, 0.25) is 6.43 Å². The third-order valence-corrected chi connectivity index (χ3v) is 7.99. The number of halogens is 4. The molecule has 0 N–H and O–H groups in total. The van der Waals surface area contributed by atoms with E-state index < -0.39 is 18.8 Å². The van der Waals surface area contributed by atoms with Crippen molar-refractivity contribution in [2.24, 2.45) is 35.5 Å². The second-order valence-electron chi connectivity index (χ2n) is 9.53. The molecule has 3 fully saturated rings. The van der Waals surface area contributed by atoms with Gasteiger partial charge in [-0.2, -0.15) is 0 Å². The van der Waals surface area contributed by atoms with Crippen LogP contribution >= 0.6 is 0 Å². The van der Waals surface area contributed by atoms with E-state index in [2.05, 4.69) is 0 Å². The van der Waals surface area contributed by atoms with Crippen LogP contribution in [0.2, 0.25) is 0 Å². The van der Waals surface area contributed by atoms with E-state index >= 15 is 0 Å². The summed E-state index contributed by atoms with van der Waals surface area (Å²) >= 11 is 0. The second-order valence-corrected chi connectivity index (χ2v) is 9.53. The second kappa shape index (κ2) is 9.28. The van der Waals surface area contributed by atoms with Gasteiger partial charge in [-0.15, -0.1) is 0 Å². The van der Waals surface area contributed by atoms with Crippen LogP contribution in [0.1, 0.15) is 84.0 Å². The Morgan fingerprint density at radius 1 is 0.692 bits per heavy atom. The van der Waals surface area contributed by atoms with Crippen molar-refractivity contribution in [3.63, 3.8) is 0 Å². The van der Waals surface area contributed by atoms with Gasteiger partial charge in [-0.1, -0.05) is 19.8 Å². The average Bonchev–Trinajstić information content (AvgIpc) is 2.65. The maximum Gasteiger partial charge on any atom is 0.238 e. The number of hydrogen-bond donors (Lipinski definition) is 0. The third-order valence-electron chi connectivity index (χ3n) is 7.99. The van der Waals surface area contributed by atoms with Crippen molar-refractivity contribution >= 4 is 0 Å². The zero-order valence-electron chi connectivity index (χ0n) is 16.2. The molecule has 0 aliphatic heterocycles.